The zero-order chi connectivity index (χ0) is 12.6. The molecule has 17 heavy (non-hydrogen) atoms. The van der Waals surface area contributed by atoms with Crippen LogP contribution in [0.15, 0.2) is 30.3 Å². The van der Waals surface area contributed by atoms with Crippen LogP contribution in [0.5, 0.6) is 17.2 Å². The summed E-state index contributed by atoms with van der Waals surface area (Å²) < 4.78 is 0. The average Bonchev–Trinajstić information content (AvgIpc) is 2.27. The Labute approximate surface area is 99.6 Å². The third kappa shape index (κ3) is 1.91. The van der Waals surface area contributed by atoms with Gasteiger partial charge in [-0.05, 0) is 37.1 Å². The van der Waals surface area contributed by atoms with Crippen molar-refractivity contribution in [2.24, 2.45) is 0 Å². The van der Waals surface area contributed by atoms with Crippen LogP contribution in [0.2, 0.25) is 0 Å². The summed E-state index contributed by atoms with van der Waals surface area (Å²) in [6.45, 7) is 3.66. The van der Waals surface area contributed by atoms with Crippen molar-refractivity contribution in [3.63, 3.8) is 0 Å². The Morgan fingerprint density at radius 2 is 1.47 bits per heavy atom. The van der Waals surface area contributed by atoms with Crippen LogP contribution in [0, 0.1) is 13.8 Å². The molecule has 0 saturated heterocycles. The van der Waals surface area contributed by atoms with Gasteiger partial charge < -0.3 is 15.3 Å². The maximum atomic E-state index is 10.1. The molecule has 2 rings (SSSR count). The molecule has 0 spiro atoms. The summed E-state index contributed by atoms with van der Waals surface area (Å²) in [6, 6.07) is 8.04. The Bertz CT molecular complexity index is 574. The Kier molecular flexibility index (Phi) is 2.68. The van der Waals surface area contributed by atoms with Crippen molar-refractivity contribution in [1.82, 2.24) is 0 Å². The van der Waals surface area contributed by atoms with E-state index in [0.29, 0.717) is 11.1 Å². The molecule has 0 radical (unpaired) electrons. The average molecular weight is 230 g/mol. The molecule has 0 saturated carbocycles. The predicted octanol–water partition coefficient (Wildman–Crippen LogP) is 3.09. The van der Waals surface area contributed by atoms with Gasteiger partial charge in [-0.2, -0.15) is 0 Å². The van der Waals surface area contributed by atoms with Gasteiger partial charge in [0.1, 0.15) is 17.2 Å². The first kappa shape index (κ1) is 11.3. The molecule has 0 aromatic heterocycles. The van der Waals surface area contributed by atoms with E-state index < -0.39 is 0 Å². The molecule has 0 aliphatic heterocycles. The van der Waals surface area contributed by atoms with Gasteiger partial charge >= 0.3 is 0 Å². The Balaban J connectivity index is 2.72. The Morgan fingerprint density at radius 3 is 2.12 bits per heavy atom. The van der Waals surface area contributed by atoms with Gasteiger partial charge in [0.15, 0.2) is 0 Å². The summed E-state index contributed by atoms with van der Waals surface area (Å²) in [4.78, 5) is 0. The lowest BCUT2D eigenvalue weighted by molar-refractivity contribution is 0.450. The number of hydrogen-bond acceptors (Lipinski definition) is 3. The smallest absolute Gasteiger partial charge is 0.127 e. The van der Waals surface area contributed by atoms with Crippen molar-refractivity contribution in [1.29, 1.82) is 0 Å². The van der Waals surface area contributed by atoms with E-state index in [4.69, 9.17) is 0 Å². The molecule has 0 bridgehead atoms. The molecule has 0 unspecified atom stereocenters. The van der Waals surface area contributed by atoms with E-state index in [1.165, 1.54) is 12.1 Å². The Morgan fingerprint density at radius 1 is 0.824 bits per heavy atom. The monoisotopic (exact) mass is 230 g/mol. The fourth-order valence-corrected chi connectivity index (χ4v) is 1.87. The minimum atomic E-state index is -0.0472. The molecular weight excluding hydrogens is 216 g/mol. The molecule has 0 heterocycles. The van der Waals surface area contributed by atoms with E-state index in [0.717, 1.165) is 11.1 Å². The molecule has 2 aromatic rings. The van der Waals surface area contributed by atoms with E-state index in [9.17, 15) is 15.3 Å². The second-order valence-corrected chi connectivity index (χ2v) is 4.12. The third-order valence-electron chi connectivity index (χ3n) is 2.84. The van der Waals surface area contributed by atoms with Crippen molar-refractivity contribution in [3.05, 3.63) is 41.5 Å². The standard InChI is InChI=1S/C14H14O3/c1-8-3-4-9(2)14(17)13(8)11-6-5-10(15)7-12(11)16/h3-7,15-17H,1-2H3. The molecule has 0 amide bonds. The highest BCUT2D eigenvalue weighted by atomic mass is 16.3. The summed E-state index contributed by atoms with van der Waals surface area (Å²) in [5, 5.41) is 29.1. The zero-order valence-electron chi connectivity index (χ0n) is 9.73. The quantitative estimate of drug-likeness (QED) is 0.705. The summed E-state index contributed by atoms with van der Waals surface area (Å²) in [6.07, 6.45) is 0. The van der Waals surface area contributed by atoms with Gasteiger partial charge in [-0.25, -0.2) is 0 Å². The second-order valence-electron chi connectivity index (χ2n) is 4.12. The van der Waals surface area contributed by atoms with Crippen LogP contribution in [0.25, 0.3) is 11.1 Å². The molecule has 88 valence electrons. The summed E-state index contributed by atoms with van der Waals surface area (Å²) >= 11 is 0. The van der Waals surface area contributed by atoms with Gasteiger partial charge in [0, 0.05) is 17.2 Å². The van der Waals surface area contributed by atoms with Crippen LogP contribution in [0.4, 0.5) is 0 Å². The van der Waals surface area contributed by atoms with E-state index in [1.54, 1.807) is 13.0 Å². The fourth-order valence-electron chi connectivity index (χ4n) is 1.87. The number of hydrogen-bond donors (Lipinski definition) is 3. The normalized spacial score (nSPS) is 10.5. The van der Waals surface area contributed by atoms with Gasteiger partial charge in [-0.1, -0.05) is 12.1 Å². The molecule has 0 aliphatic rings. The first-order valence-corrected chi connectivity index (χ1v) is 5.32. The summed E-state index contributed by atoms with van der Waals surface area (Å²) in [7, 11) is 0. The predicted molar refractivity (Wildman–Crippen MR) is 66.3 cm³/mol. The van der Waals surface area contributed by atoms with E-state index in [1.807, 2.05) is 19.1 Å². The molecule has 3 nitrogen and oxygen atoms in total. The molecular formula is C14H14O3. The van der Waals surface area contributed by atoms with Crippen molar-refractivity contribution < 1.29 is 15.3 Å². The number of aromatic hydroxyl groups is 3. The second kappa shape index (κ2) is 4.01. The highest BCUT2D eigenvalue weighted by Crippen LogP contribution is 2.40. The SMILES string of the molecule is Cc1ccc(C)c(-c2ccc(O)cc2O)c1O. The lowest BCUT2D eigenvalue weighted by Gasteiger charge is -2.12. The molecule has 0 atom stereocenters. The van der Waals surface area contributed by atoms with Crippen LogP contribution in [-0.2, 0) is 0 Å². The van der Waals surface area contributed by atoms with Crippen molar-refractivity contribution in [3.8, 4) is 28.4 Å². The zero-order valence-corrected chi connectivity index (χ0v) is 9.73. The lowest BCUT2D eigenvalue weighted by atomic mass is 9.96. The first-order chi connectivity index (χ1) is 8.00. The van der Waals surface area contributed by atoms with Gasteiger partial charge in [0.2, 0.25) is 0 Å². The molecule has 0 aliphatic carbocycles. The minimum Gasteiger partial charge on any atom is -0.508 e. The van der Waals surface area contributed by atoms with Crippen LogP contribution in [0.1, 0.15) is 11.1 Å². The number of phenolic OH excluding ortho intramolecular Hbond substituents is 3. The van der Waals surface area contributed by atoms with Crippen molar-refractivity contribution >= 4 is 0 Å². The maximum absolute atomic E-state index is 10.1. The van der Waals surface area contributed by atoms with Crippen LogP contribution < -0.4 is 0 Å². The summed E-state index contributed by atoms with van der Waals surface area (Å²) in [5.74, 6) is 0.107. The van der Waals surface area contributed by atoms with E-state index >= 15 is 0 Å². The van der Waals surface area contributed by atoms with E-state index in [2.05, 4.69) is 0 Å². The van der Waals surface area contributed by atoms with Gasteiger partial charge in [-0.3, -0.25) is 0 Å². The largest absolute Gasteiger partial charge is 0.508 e. The number of benzene rings is 2. The lowest BCUT2D eigenvalue weighted by Crippen LogP contribution is -1.87. The van der Waals surface area contributed by atoms with Crippen LogP contribution in [-0.4, -0.2) is 15.3 Å². The first-order valence-electron chi connectivity index (χ1n) is 5.32. The van der Waals surface area contributed by atoms with Crippen molar-refractivity contribution in [2.75, 3.05) is 0 Å². The number of aryl methyl sites for hydroxylation is 2. The van der Waals surface area contributed by atoms with E-state index in [-0.39, 0.29) is 17.2 Å². The topological polar surface area (TPSA) is 60.7 Å². The molecule has 3 heteroatoms. The van der Waals surface area contributed by atoms with Crippen LogP contribution in [0.3, 0.4) is 0 Å². The fraction of sp³-hybridized carbons (Fsp3) is 0.143. The van der Waals surface area contributed by atoms with Gasteiger partial charge in [0.25, 0.3) is 0 Å². The molecule has 3 N–H and O–H groups in total. The van der Waals surface area contributed by atoms with Gasteiger partial charge in [-0.15, -0.1) is 0 Å². The molecule has 2 aromatic carbocycles. The minimum absolute atomic E-state index is 0.00366. The third-order valence-corrected chi connectivity index (χ3v) is 2.84. The number of phenols is 3. The van der Waals surface area contributed by atoms with Crippen LogP contribution >= 0.6 is 0 Å². The van der Waals surface area contributed by atoms with Gasteiger partial charge in [0.05, 0.1) is 0 Å². The number of rotatable bonds is 1. The Hall–Kier alpha value is -2.16. The van der Waals surface area contributed by atoms with Crippen molar-refractivity contribution in [2.45, 2.75) is 13.8 Å². The highest BCUT2D eigenvalue weighted by Gasteiger charge is 2.13. The summed E-state index contributed by atoms with van der Waals surface area (Å²) in [5.41, 5.74) is 2.73. The maximum Gasteiger partial charge on any atom is 0.127 e. The highest BCUT2D eigenvalue weighted by molar-refractivity contribution is 5.79. The molecule has 0 fully saturated rings.